The first-order chi connectivity index (χ1) is 8.27. The molecule has 106 valence electrons. The predicted octanol–water partition coefficient (Wildman–Crippen LogP) is 1.78. The van der Waals surface area contributed by atoms with Gasteiger partial charge in [-0.1, -0.05) is 13.8 Å². The molecule has 4 nitrogen and oxygen atoms in total. The Morgan fingerprint density at radius 3 is 2.67 bits per heavy atom. The van der Waals surface area contributed by atoms with Gasteiger partial charge in [-0.15, -0.1) is 0 Å². The van der Waals surface area contributed by atoms with E-state index in [2.05, 4.69) is 18.7 Å². The summed E-state index contributed by atoms with van der Waals surface area (Å²) in [6.07, 6.45) is 4.37. The minimum Gasteiger partial charge on any atom is -0.468 e. The second-order valence-corrected chi connectivity index (χ2v) is 6.52. The Morgan fingerprint density at radius 1 is 1.39 bits per heavy atom. The summed E-state index contributed by atoms with van der Waals surface area (Å²) in [5, 5.41) is 0. The summed E-state index contributed by atoms with van der Waals surface area (Å²) >= 11 is 0. The van der Waals surface area contributed by atoms with Crippen LogP contribution in [-0.4, -0.2) is 43.2 Å². The molecule has 2 N–H and O–H groups in total. The van der Waals surface area contributed by atoms with E-state index in [1.807, 2.05) is 0 Å². The minimum absolute atomic E-state index is 0.322. The van der Waals surface area contributed by atoms with Gasteiger partial charge in [-0.05, 0) is 51.1 Å². The van der Waals surface area contributed by atoms with Gasteiger partial charge >= 0.3 is 5.97 Å². The summed E-state index contributed by atoms with van der Waals surface area (Å²) in [6, 6.07) is 0. The Morgan fingerprint density at radius 2 is 2.06 bits per heavy atom. The van der Waals surface area contributed by atoms with Crippen LogP contribution >= 0.6 is 0 Å². The number of nitrogens with zero attached hydrogens (tertiary/aromatic N) is 1. The van der Waals surface area contributed by atoms with Crippen LogP contribution in [0.4, 0.5) is 0 Å². The molecule has 0 aromatic rings. The zero-order chi connectivity index (χ0) is 13.8. The molecular formula is C14H28N2O2. The fraction of sp³-hybridized carbons (Fsp3) is 0.929. The third kappa shape index (κ3) is 4.58. The summed E-state index contributed by atoms with van der Waals surface area (Å²) in [5.41, 5.74) is 5.56. The van der Waals surface area contributed by atoms with Crippen molar-refractivity contribution >= 4 is 5.97 Å². The SMILES string of the molecule is COC(=O)C(C)(N)CCN1CCCC(C)(C)CC1. The van der Waals surface area contributed by atoms with Crippen molar-refractivity contribution in [3.8, 4) is 0 Å². The standard InChI is InChI=1S/C14H28N2O2/c1-13(2)6-5-9-16(10-7-13)11-8-14(3,15)12(17)18-4/h5-11,15H2,1-4H3. The molecule has 1 aliphatic heterocycles. The van der Waals surface area contributed by atoms with Crippen molar-refractivity contribution in [2.45, 2.75) is 52.0 Å². The first-order valence-corrected chi connectivity index (χ1v) is 6.86. The first kappa shape index (κ1) is 15.4. The van der Waals surface area contributed by atoms with Gasteiger partial charge in [0.2, 0.25) is 0 Å². The maximum atomic E-state index is 11.5. The monoisotopic (exact) mass is 256 g/mol. The summed E-state index contributed by atoms with van der Waals surface area (Å²) in [7, 11) is 1.39. The Bertz CT molecular complexity index is 288. The van der Waals surface area contributed by atoms with Gasteiger partial charge in [0.05, 0.1) is 7.11 Å². The molecule has 1 heterocycles. The molecule has 0 spiro atoms. The molecule has 0 aromatic carbocycles. The number of methoxy groups -OCH3 is 1. The average molecular weight is 256 g/mol. The fourth-order valence-corrected chi connectivity index (χ4v) is 2.43. The maximum Gasteiger partial charge on any atom is 0.325 e. The molecule has 1 saturated heterocycles. The van der Waals surface area contributed by atoms with Gasteiger partial charge in [0.25, 0.3) is 0 Å². The van der Waals surface area contributed by atoms with Crippen LogP contribution in [0, 0.1) is 5.41 Å². The molecule has 1 rings (SSSR count). The molecule has 18 heavy (non-hydrogen) atoms. The summed E-state index contributed by atoms with van der Waals surface area (Å²) in [5.74, 6) is -0.322. The number of hydrogen-bond donors (Lipinski definition) is 1. The van der Waals surface area contributed by atoms with E-state index in [1.54, 1.807) is 6.92 Å². The van der Waals surface area contributed by atoms with E-state index < -0.39 is 5.54 Å². The third-order valence-electron chi connectivity index (χ3n) is 4.03. The highest BCUT2D eigenvalue weighted by atomic mass is 16.5. The molecule has 0 aromatic heterocycles. The van der Waals surface area contributed by atoms with E-state index in [1.165, 1.54) is 26.4 Å². The van der Waals surface area contributed by atoms with Gasteiger partial charge in [-0.2, -0.15) is 0 Å². The quantitative estimate of drug-likeness (QED) is 0.779. The molecule has 1 aliphatic rings. The molecule has 0 saturated carbocycles. The number of rotatable bonds is 4. The van der Waals surface area contributed by atoms with Crippen LogP contribution in [0.2, 0.25) is 0 Å². The van der Waals surface area contributed by atoms with E-state index >= 15 is 0 Å². The van der Waals surface area contributed by atoms with Crippen LogP contribution in [0.3, 0.4) is 0 Å². The van der Waals surface area contributed by atoms with Crippen LogP contribution in [0.1, 0.15) is 46.5 Å². The molecule has 0 radical (unpaired) electrons. The lowest BCUT2D eigenvalue weighted by Crippen LogP contribution is -2.48. The maximum absolute atomic E-state index is 11.5. The predicted molar refractivity (Wildman–Crippen MR) is 73.3 cm³/mol. The second kappa shape index (κ2) is 6.02. The third-order valence-corrected chi connectivity index (χ3v) is 4.03. The molecule has 0 amide bonds. The molecule has 0 bridgehead atoms. The second-order valence-electron chi connectivity index (χ2n) is 6.52. The fourth-order valence-electron chi connectivity index (χ4n) is 2.43. The average Bonchev–Trinajstić information content (AvgIpc) is 2.46. The van der Waals surface area contributed by atoms with E-state index in [4.69, 9.17) is 10.5 Å². The highest BCUT2D eigenvalue weighted by Gasteiger charge is 2.30. The van der Waals surface area contributed by atoms with E-state index in [0.717, 1.165) is 19.6 Å². The normalized spacial score (nSPS) is 24.1. The van der Waals surface area contributed by atoms with Crippen molar-refractivity contribution in [3.63, 3.8) is 0 Å². The van der Waals surface area contributed by atoms with Gasteiger partial charge in [-0.25, -0.2) is 0 Å². The Labute approximate surface area is 111 Å². The molecule has 0 aliphatic carbocycles. The van der Waals surface area contributed by atoms with E-state index in [-0.39, 0.29) is 5.97 Å². The van der Waals surface area contributed by atoms with Crippen LogP contribution in [0.25, 0.3) is 0 Å². The lowest BCUT2D eigenvalue weighted by molar-refractivity contribution is -0.146. The number of carbonyl (C=O) groups is 1. The zero-order valence-electron chi connectivity index (χ0n) is 12.3. The van der Waals surface area contributed by atoms with Crippen LogP contribution in [0.5, 0.6) is 0 Å². The van der Waals surface area contributed by atoms with Gasteiger partial charge < -0.3 is 15.4 Å². The van der Waals surface area contributed by atoms with E-state index in [9.17, 15) is 4.79 Å². The van der Waals surface area contributed by atoms with Crippen molar-refractivity contribution < 1.29 is 9.53 Å². The van der Waals surface area contributed by atoms with Crippen LogP contribution < -0.4 is 5.73 Å². The lowest BCUT2D eigenvalue weighted by atomic mass is 9.85. The topological polar surface area (TPSA) is 55.6 Å². The van der Waals surface area contributed by atoms with Crippen LogP contribution in [-0.2, 0) is 9.53 Å². The summed E-state index contributed by atoms with van der Waals surface area (Å²) in [6.45, 7) is 9.50. The van der Waals surface area contributed by atoms with Gasteiger partial charge in [0.15, 0.2) is 0 Å². The Balaban J connectivity index is 2.42. The number of carbonyl (C=O) groups excluding carboxylic acids is 1. The van der Waals surface area contributed by atoms with Crippen molar-refractivity contribution in [3.05, 3.63) is 0 Å². The molecule has 1 unspecified atom stereocenters. The Hall–Kier alpha value is -0.610. The van der Waals surface area contributed by atoms with Gasteiger partial charge in [0.1, 0.15) is 5.54 Å². The number of likely N-dealkylation sites (tertiary alicyclic amines) is 1. The van der Waals surface area contributed by atoms with Crippen molar-refractivity contribution in [2.75, 3.05) is 26.7 Å². The lowest BCUT2D eigenvalue weighted by Gasteiger charge is -2.27. The molecular weight excluding hydrogens is 228 g/mol. The summed E-state index contributed by atoms with van der Waals surface area (Å²) in [4.78, 5) is 13.9. The molecule has 1 atom stereocenters. The zero-order valence-corrected chi connectivity index (χ0v) is 12.3. The van der Waals surface area contributed by atoms with E-state index in [0.29, 0.717) is 11.8 Å². The van der Waals surface area contributed by atoms with Crippen LogP contribution in [0.15, 0.2) is 0 Å². The summed E-state index contributed by atoms with van der Waals surface area (Å²) < 4.78 is 4.73. The highest BCUT2D eigenvalue weighted by Crippen LogP contribution is 2.29. The first-order valence-electron chi connectivity index (χ1n) is 6.86. The number of ether oxygens (including phenoxy) is 1. The number of nitrogens with two attached hydrogens (primary N) is 1. The number of hydrogen-bond acceptors (Lipinski definition) is 4. The van der Waals surface area contributed by atoms with Crippen molar-refractivity contribution in [1.82, 2.24) is 4.90 Å². The largest absolute Gasteiger partial charge is 0.468 e. The Kier molecular flexibility index (Phi) is 5.17. The molecule has 4 heteroatoms. The van der Waals surface area contributed by atoms with Gasteiger partial charge in [-0.3, -0.25) is 4.79 Å². The van der Waals surface area contributed by atoms with Crippen molar-refractivity contribution in [2.24, 2.45) is 11.1 Å². The van der Waals surface area contributed by atoms with Gasteiger partial charge in [0, 0.05) is 6.54 Å². The highest BCUT2D eigenvalue weighted by molar-refractivity contribution is 5.79. The smallest absolute Gasteiger partial charge is 0.325 e. The molecule has 1 fully saturated rings. The number of esters is 1. The van der Waals surface area contributed by atoms with Crippen molar-refractivity contribution in [1.29, 1.82) is 0 Å². The minimum atomic E-state index is -0.865.